The van der Waals surface area contributed by atoms with Crippen LogP contribution >= 0.6 is 0 Å². The maximum Gasteiger partial charge on any atom is 0.0780 e. The normalized spacial score (nSPS) is 17.6. The van der Waals surface area contributed by atoms with Crippen LogP contribution in [0, 0.1) is 0 Å². The molecule has 9 heavy (non-hydrogen) atoms. The summed E-state index contributed by atoms with van der Waals surface area (Å²) in [6.07, 6.45) is 0. The molecular formula is C8H8Si. The molecule has 1 heteroatoms. The van der Waals surface area contributed by atoms with E-state index in [0.717, 1.165) is 0 Å². The van der Waals surface area contributed by atoms with Crippen LogP contribution in [0.2, 0.25) is 0 Å². The van der Waals surface area contributed by atoms with Gasteiger partial charge in [0.25, 0.3) is 0 Å². The lowest BCUT2D eigenvalue weighted by molar-refractivity contribution is 1.66. The van der Waals surface area contributed by atoms with E-state index >= 15 is 0 Å². The molecule has 1 heterocycles. The monoisotopic (exact) mass is 132 g/mol. The summed E-state index contributed by atoms with van der Waals surface area (Å²) in [7, 11) is 0.174. The van der Waals surface area contributed by atoms with E-state index < -0.39 is 0 Å². The molecule has 0 aromatic heterocycles. The van der Waals surface area contributed by atoms with E-state index in [-0.39, 0.29) is 9.52 Å². The molecule has 0 fully saturated rings. The first-order chi connectivity index (χ1) is 4.47. The van der Waals surface area contributed by atoms with Crippen LogP contribution in [0.5, 0.6) is 0 Å². The third kappa shape index (κ3) is 0.957. The molecule has 44 valence electrons. The Morgan fingerprint density at radius 1 is 1.00 bits per heavy atom. The van der Waals surface area contributed by atoms with Gasteiger partial charge in [0, 0.05) is 0 Å². The van der Waals surface area contributed by atoms with Crippen molar-refractivity contribution in [1.82, 2.24) is 0 Å². The van der Waals surface area contributed by atoms with Gasteiger partial charge in [-0.2, -0.15) is 0 Å². The lowest BCUT2D eigenvalue weighted by Gasteiger charge is -1.89. The highest BCUT2D eigenvalue weighted by Gasteiger charge is 2.08. The van der Waals surface area contributed by atoms with Gasteiger partial charge in [-0.05, 0) is 5.56 Å². The van der Waals surface area contributed by atoms with Gasteiger partial charge in [-0.3, -0.25) is 0 Å². The van der Waals surface area contributed by atoms with Crippen LogP contribution < -0.4 is 0 Å². The molecule has 0 radical (unpaired) electrons. The van der Waals surface area contributed by atoms with E-state index in [0.29, 0.717) is 0 Å². The minimum atomic E-state index is 0.174. The van der Waals surface area contributed by atoms with Crippen molar-refractivity contribution in [1.29, 1.82) is 0 Å². The molecule has 0 N–H and O–H groups in total. The second kappa shape index (κ2) is 1.85. The number of hydrogen-bond acceptors (Lipinski definition) is 0. The minimum Gasteiger partial charge on any atom is -0.0966 e. The quantitative estimate of drug-likeness (QED) is 0.503. The zero-order valence-electron chi connectivity index (χ0n) is 5.17. The predicted octanol–water partition coefficient (Wildman–Crippen LogP) is 1.17. The first-order valence-corrected chi connectivity index (χ1v) is 4.73. The smallest absolute Gasteiger partial charge is 0.0780 e. The third-order valence-corrected chi connectivity index (χ3v) is 2.78. The summed E-state index contributed by atoms with van der Waals surface area (Å²) in [5, 5.41) is 1.63. The predicted molar refractivity (Wildman–Crippen MR) is 43.0 cm³/mol. The Hall–Kier alpha value is -0.823. The third-order valence-electron chi connectivity index (χ3n) is 1.55. The van der Waals surface area contributed by atoms with Gasteiger partial charge >= 0.3 is 0 Å². The topological polar surface area (TPSA) is 0 Å². The fourth-order valence-electron chi connectivity index (χ4n) is 0.939. The summed E-state index contributed by atoms with van der Waals surface area (Å²) >= 11 is 0. The maximum atomic E-state index is 2.38. The van der Waals surface area contributed by atoms with Crippen LogP contribution in [0.25, 0.3) is 5.20 Å². The fourth-order valence-corrected chi connectivity index (χ4v) is 1.75. The molecule has 1 aromatic carbocycles. The molecule has 0 atom stereocenters. The molecule has 0 amide bonds. The Bertz CT molecular complexity index is 236. The highest BCUT2D eigenvalue weighted by molar-refractivity contribution is 6.80. The van der Waals surface area contributed by atoms with Crippen LogP contribution in [-0.4, -0.2) is 9.52 Å². The van der Waals surface area contributed by atoms with E-state index in [1.165, 1.54) is 5.56 Å². The van der Waals surface area contributed by atoms with E-state index in [9.17, 15) is 0 Å². The van der Waals surface area contributed by atoms with E-state index in [4.69, 9.17) is 0 Å². The molecule has 0 saturated carbocycles. The molecule has 0 saturated heterocycles. The summed E-state index contributed by atoms with van der Waals surface area (Å²) in [6, 6.07) is 10.6. The zero-order valence-corrected chi connectivity index (χ0v) is 6.59. The summed E-state index contributed by atoms with van der Waals surface area (Å²) in [5.41, 5.74) is 3.83. The van der Waals surface area contributed by atoms with Gasteiger partial charge < -0.3 is 0 Å². The lowest BCUT2D eigenvalue weighted by Crippen LogP contribution is -1.71. The van der Waals surface area contributed by atoms with Crippen molar-refractivity contribution in [2.45, 2.75) is 0 Å². The number of hydrogen-bond donors (Lipinski definition) is 0. The summed E-state index contributed by atoms with van der Waals surface area (Å²) < 4.78 is 0. The van der Waals surface area contributed by atoms with Gasteiger partial charge in [0.05, 0.1) is 9.52 Å². The molecule has 0 aliphatic carbocycles. The van der Waals surface area contributed by atoms with E-state index in [1.54, 1.807) is 5.20 Å². The molecule has 0 spiro atoms. The first-order valence-electron chi connectivity index (χ1n) is 3.21. The first kappa shape index (κ1) is 5.00. The maximum absolute atomic E-state index is 2.38. The highest BCUT2D eigenvalue weighted by Crippen LogP contribution is 2.20. The highest BCUT2D eigenvalue weighted by atomic mass is 28.2. The Kier molecular flexibility index (Phi) is 1.03. The van der Waals surface area contributed by atoms with E-state index in [2.05, 4.69) is 36.0 Å². The zero-order chi connectivity index (χ0) is 6.10. The summed E-state index contributed by atoms with van der Waals surface area (Å²) in [5.74, 6) is 0. The average Bonchev–Trinajstić information content (AvgIpc) is 2.71. The van der Waals surface area contributed by atoms with Crippen molar-refractivity contribution < 1.29 is 0 Å². The summed E-state index contributed by atoms with van der Waals surface area (Å²) in [6.45, 7) is 0. The second-order valence-corrected chi connectivity index (χ2v) is 3.88. The van der Waals surface area contributed by atoms with Gasteiger partial charge in [0.15, 0.2) is 0 Å². The van der Waals surface area contributed by atoms with Crippen LogP contribution in [-0.2, 0) is 0 Å². The van der Waals surface area contributed by atoms with E-state index in [1.807, 2.05) is 0 Å². The molecule has 1 aliphatic heterocycles. The van der Waals surface area contributed by atoms with Crippen LogP contribution in [0.4, 0.5) is 0 Å². The number of rotatable bonds is 1. The molecule has 0 unspecified atom stereocenters. The van der Waals surface area contributed by atoms with Crippen molar-refractivity contribution in [3.05, 3.63) is 41.6 Å². The van der Waals surface area contributed by atoms with Crippen LogP contribution in [0.15, 0.2) is 36.0 Å². The van der Waals surface area contributed by atoms with Gasteiger partial charge in [-0.15, -0.1) is 0 Å². The van der Waals surface area contributed by atoms with Crippen molar-refractivity contribution >= 4 is 14.7 Å². The minimum absolute atomic E-state index is 0.174. The van der Waals surface area contributed by atoms with Gasteiger partial charge in [0.1, 0.15) is 0 Å². The van der Waals surface area contributed by atoms with Gasteiger partial charge in [-0.1, -0.05) is 41.2 Å². The Morgan fingerprint density at radius 2 is 1.67 bits per heavy atom. The Balaban J connectivity index is 2.40. The van der Waals surface area contributed by atoms with Crippen molar-refractivity contribution in [2.24, 2.45) is 0 Å². The largest absolute Gasteiger partial charge is 0.0966 e. The van der Waals surface area contributed by atoms with Gasteiger partial charge in [-0.25, -0.2) is 0 Å². The standard InChI is InChI=1S/C8H8Si/c1-2-4-7(5-3-1)8-6-9-8/h1-6H,9H2. The summed E-state index contributed by atoms with van der Waals surface area (Å²) in [4.78, 5) is 0. The molecule has 1 aromatic rings. The van der Waals surface area contributed by atoms with Crippen LogP contribution in [0.3, 0.4) is 0 Å². The number of benzene rings is 1. The Labute approximate surface area is 57.0 Å². The van der Waals surface area contributed by atoms with Gasteiger partial charge in [0.2, 0.25) is 0 Å². The molecule has 2 rings (SSSR count). The SMILES string of the molecule is C1=C(c2ccccc2)[SiH2]1. The van der Waals surface area contributed by atoms with Crippen molar-refractivity contribution in [3.8, 4) is 0 Å². The molecule has 0 bridgehead atoms. The average molecular weight is 132 g/mol. The Morgan fingerprint density at radius 3 is 2.22 bits per heavy atom. The fraction of sp³-hybridized carbons (Fsp3) is 0. The van der Waals surface area contributed by atoms with Crippen molar-refractivity contribution in [3.63, 3.8) is 0 Å². The lowest BCUT2D eigenvalue weighted by atomic mass is 10.2. The second-order valence-electron chi connectivity index (χ2n) is 2.30. The van der Waals surface area contributed by atoms with Crippen LogP contribution in [0.1, 0.15) is 5.56 Å². The molecule has 0 nitrogen and oxygen atoms in total. The molecule has 1 aliphatic rings. The molecular weight excluding hydrogens is 124 g/mol. The van der Waals surface area contributed by atoms with Crippen molar-refractivity contribution in [2.75, 3.05) is 0 Å².